The van der Waals surface area contributed by atoms with E-state index < -0.39 is 0 Å². The van der Waals surface area contributed by atoms with E-state index in [1.165, 1.54) is 11.8 Å². The SMILES string of the molecule is Cc1c(NN)nc(C(C)C)nc1Sc1ncccn1. The second-order valence-electron chi connectivity index (χ2n) is 4.29. The van der Waals surface area contributed by atoms with Crippen LogP contribution in [0, 0.1) is 6.92 Å². The summed E-state index contributed by atoms with van der Waals surface area (Å²) in [6.45, 7) is 6.00. The average molecular weight is 276 g/mol. The summed E-state index contributed by atoms with van der Waals surface area (Å²) in [6, 6.07) is 1.78. The van der Waals surface area contributed by atoms with E-state index in [2.05, 4.69) is 25.4 Å². The van der Waals surface area contributed by atoms with Gasteiger partial charge in [0.2, 0.25) is 0 Å². The van der Waals surface area contributed by atoms with Gasteiger partial charge in [0, 0.05) is 23.9 Å². The first-order chi connectivity index (χ1) is 9.11. The Morgan fingerprint density at radius 3 is 2.47 bits per heavy atom. The van der Waals surface area contributed by atoms with Crippen molar-refractivity contribution in [3.63, 3.8) is 0 Å². The van der Waals surface area contributed by atoms with Crippen molar-refractivity contribution in [1.29, 1.82) is 0 Å². The number of aromatic nitrogens is 4. The second-order valence-corrected chi connectivity index (χ2v) is 5.25. The van der Waals surface area contributed by atoms with E-state index in [4.69, 9.17) is 5.84 Å². The van der Waals surface area contributed by atoms with Crippen molar-refractivity contribution in [1.82, 2.24) is 19.9 Å². The van der Waals surface area contributed by atoms with Gasteiger partial charge in [-0.1, -0.05) is 13.8 Å². The van der Waals surface area contributed by atoms with Crippen LogP contribution in [0.4, 0.5) is 5.82 Å². The molecule has 0 radical (unpaired) electrons. The van der Waals surface area contributed by atoms with Gasteiger partial charge in [-0.05, 0) is 24.8 Å². The minimum absolute atomic E-state index is 0.226. The summed E-state index contributed by atoms with van der Waals surface area (Å²) >= 11 is 1.41. The predicted molar refractivity (Wildman–Crippen MR) is 74.8 cm³/mol. The Balaban J connectivity index is 2.41. The van der Waals surface area contributed by atoms with Gasteiger partial charge >= 0.3 is 0 Å². The first-order valence-corrected chi connectivity index (χ1v) is 6.73. The fourth-order valence-corrected chi connectivity index (χ4v) is 2.22. The highest BCUT2D eigenvalue weighted by molar-refractivity contribution is 7.99. The Kier molecular flexibility index (Phi) is 4.28. The number of hydrogen-bond donors (Lipinski definition) is 2. The lowest BCUT2D eigenvalue weighted by atomic mass is 10.2. The molecule has 0 aliphatic carbocycles. The van der Waals surface area contributed by atoms with Crippen LogP contribution in [0.15, 0.2) is 28.6 Å². The van der Waals surface area contributed by atoms with Gasteiger partial charge in [0.25, 0.3) is 0 Å². The van der Waals surface area contributed by atoms with Crippen molar-refractivity contribution < 1.29 is 0 Å². The number of hydrogen-bond acceptors (Lipinski definition) is 7. The molecule has 2 aromatic heterocycles. The zero-order chi connectivity index (χ0) is 13.8. The number of rotatable bonds is 4. The molecular formula is C12H16N6S. The third-order valence-electron chi connectivity index (χ3n) is 2.50. The zero-order valence-electron chi connectivity index (χ0n) is 11.1. The molecule has 0 spiro atoms. The molecule has 0 bridgehead atoms. The highest BCUT2D eigenvalue weighted by atomic mass is 32.2. The normalized spacial score (nSPS) is 10.8. The fraction of sp³-hybridized carbons (Fsp3) is 0.333. The maximum atomic E-state index is 5.50. The fourth-order valence-electron chi connectivity index (χ4n) is 1.44. The molecule has 0 saturated carbocycles. The number of anilines is 1. The molecule has 0 amide bonds. The molecule has 100 valence electrons. The monoisotopic (exact) mass is 276 g/mol. The Hall–Kier alpha value is -1.73. The Morgan fingerprint density at radius 1 is 1.21 bits per heavy atom. The Morgan fingerprint density at radius 2 is 1.89 bits per heavy atom. The third-order valence-corrected chi connectivity index (χ3v) is 3.49. The summed E-state index contributed by atoms with van der Waals surface area (Å²) in [6.07, 6.45) is 3.41. The lowest BCUT2D eigenvalue weighted by Gasteiger charge is -2.12. The van der Waals surface area contributed by atoms with Crippen LogP contribution in [0.5, 0.6) is 0 Å². The molecular weight excluding hydrogens is 260 g/mol. The second kappa shape index (κ2) is 5.94. The maximum absolute atomic E-state index is 5.50. The van der Waals surface area contributed by atoms with Crippen molar-refractivity contribution in [3.8, 4) is 0 Å². The first kappa shape index (κ1) is 13.7. The van der Waals surface area contributed by atoms with Gasteiger partial charge in [0.15, 0.2) is 5.16 Å². The number of nitrogens with zero attached hydrogens (tertiary/aromatic N) is 4. The van der Waals surface area contributed by atoms with Gasteiger partial charge < -0.3 is 5.43 Å². The van der Waals surface area contributed by atoms with E-state index in [0.29, 0.717) is 11.0 Å². The minimum Gasteiger partial charge on any atom is -0.308 e. The smallest absolute Gasteiger partial charge is 0.193 e. The van der Waals surface area contributed by atoms with Crippen LogP contribution >= 0.6 is 11.8 Å². The summed E-state index contributed by atoms with van der Waals surface area (Å²) in [7, 11) is 0. The lowest BCUT2D eigenvalue weighted by molar-refractivity contribution is 0.748. The Labute approximate surface area is 116 Å². The molecule has 0 unspecified atom stereocenters. The highest BCUT2D eigenvalue weighted by Gasteiger charge is 2.14. The number of nitrogen functional groups attached to an aromatic ring is 1. The van der Waals surface area contributed by atoms with Crippen molar-refractivity contribution in [2.75, 3.05) is 5.43 Å². The summed E-state index contributed by atoms with van der Waals surface area (Å²) < 4.78 is 0. The van der Waals surface area contributed by atoms with E-state index >= 15 is 0 Å². The van der Waals surface area contributed by atoms with Crippen LogP contribution in [0.25, 0.3) is 0 Å². The van der Waals surface area contributed by atoms with Gasteiger partial charge in [-0.3, -0.25) is 0 Å². The van der Waals surface area contributed by atoms with Gasteiger partial charge in [0.05, 0.1) is 0 Å². The van der Waals surface area contributed by atoms with Crippen LogP contribution in [-0.4, -0.2) is 19.9 Å². The van der Waals surface area contributed by atoms with Gasteiger partial charge in [-0.25, -0.2) is 25.8 Å². The third kappa shape index (κ3) is 3.18. The quantitative estimate of drug-likeness (QED) is 0.382. The van der Waals surface area contributed by atoms with Crippen LogP contribution in [0.3, 0.4) is 0 Å². The molecule has 0 saturated heterocycles. The van der Waals surface area contributed by atoms with E-state index in [9.17, 15) is 0 Å². The Bertz CT molecular complexity index is 558. The first-order valence-electron chi connectivity index (χ1n) is 5.92. The molecule has 2 aromatic rings. The van der Waals surface area contributed by atoms with Crippen molar-refractivity contribution in [2.45, 2.75) is 36.9 Å². The summed E-state index contributed by atoms with van der Waals surface area (Å²) in [5.41, 5.74) is 3.50. The average Bonchev–Trinajstić information content (AvgIpc) is 2.42. The van der Waals surface area contributed by atoms with Crippen molar-refractivity contribution >= 4 is 17.6 Å². The highest BCUT2D eigenvalue weighted by Crippen LogP contribution is 2.29. The number of nitrogens with one attached hydrogen (secondary N) is 1. The molecule has 6 nitrogen and oxygen atoms in total. The molecule has 19 heavy (non-hydrogen) atoms. The number of hydrazine groups is 1. The predicted octanol–water partition coefficient (Wildman–Crippen LogP) is 2.14. The summed E-state index contributed by atoms with van der Waals surface area (Å²) in [5.74, 6) is 7.11. The standard InChI is InChI=1S/C12H16N6S/c1-7(2)9-16-10(18-13)8(3)11(17-9)19-12-14-5-4-6-15-12/h4-7H,13H2,1-3H3,(H,16,17,18). The van der Waals surface area contributed by atoms with Crippen molar-refractivity contribution in [2.24, 2.45) is 5.84 Å². The molecule has 2 rings (SSSR count). The van der Waals surface area contributed by atoms with Crippen LogP contribution in [-0.2, 0) is 0 Å². The van der Waals surface area contributed by atoms with E-state index in [1.54, 1.807) is 18.5 Å². The van der Waals surface area contributed by atoms with Crippen LogP contribution in [0.1, 0.15) is 31.2 Å². The van der Waals surface area contributed by atoms with E-state index in [0.717, 1.165) is 16.4 Å². The molecule has 0 aliphatic rings. The van der Waals surface area contributed by atoms with Crippen LogP contribution in [0.2, 0.25) is 0 Å². The lowest BCUT2D eigenvalue weighted by Crippen LogP contribution is -2.13. The molecule has 3 N–H and O–H groups in total. The zero-order valence-corrected chi connectivity index (χ0v) is 11.9. The largest absolute Gasteiger partial charge is 0.308 e. The molecule has 0 fully saturated rings. The molecule has 0 aromatic carbocycles. The molecule has 0 atom stereocenters. The summed E-state index contributed by atoms with van der Waals surface area (Å²) in [4.78, 5) is 17.3. The maximum Gasteiger partial charge on any atom is 0.193 e. The van der Waals surface area contributed by atoms with E-state index in [-0.39, 0.29) is 5.92 Å². The van der Waals surface area contributed by atoms with Gasteiger partial charge in [-0.15, -0.1) is 0 Å². The molecule has 7 heteroatoms. The van der Waals surface area contributed by atoms with Crippen molar-refractivity contribution in [3.05, 3.63) is 29.8 Å². The number of nitrogens with two attached hydrogens (primary N) is 1. The minimum atomic E-state index is 0.226. The van der Waals surface area contributed by atoms with Gasteiger partial charge in [-0.2, -0.15) is 0 Å². The molecule has 0 aliphatic heterocycles. The van der Waals surface area contributed by atoms with Crippen LogP contribution < -0.4 is 11.3 Å². The van der Waals surface area contributed by atoms with Gasteiger partial charge in [0.1, 0.15) is 16.7 Å². The van der Waals surface area contributed by atoms with E-state index in [1.807, 2.05) is 20.8 Å². The molecule has 2 heterocycles. The topological polar surface area (TPSA) is 89.6 Å². The summed E-state index contributed by atoms with van der Waals surface area (Å²) in [5, 5.41) is 1.47.